The van der Waals surface area contributed by atoms with Gasteiger partial charge in [-0.2, -0.15) is 0 Å². The molecule has 0 aromatic rings. The molecule has 0 radical (unpaired) electrons. The molecule has 0 spiro atoms. The molecule has 0 aromatic heterocycles. The molecule has 1 aliphatic heterocycles. The Labute approximate surface area is 95.2 Å². The van der Waals surface area contributed by atoms with E-state index in [4.69, 9.17) is 0 Å². The Balaban J connectivity index is 2.07. The Hall–Kier alpha value is -0.0400. The first-order valence-electron chi connectivity index (χ1n) is 6.87. The largest absolute Gasteiger partial charge is 0.303 e. The molecule has 1 heteroatoms. The highest BCUT2D eigenvalue weighted by atomic mass is 15.1. The zero-order valence-corrected chi connectivity index (χ0v) is 10.7. The summed E-state index contributed by atoms with van der Waals surface area (Å²) in [7, 11) is 2.36. The summed E-state index contributed by atoms with van der Waals surface area (Å²) in [5.74, 6) is 2.89. The molecule has 4 atom stereocenters. The van der Waals surface area contributed by atoms with Gasteiger partial charge in [0.25, 0.3) is 0 Å². The third-order valence-corrected chi connectivity index (χ3v) is 4.64. The van der Waals surface area contributed by atoms with Gasteiger partial charge >= 0.3 is 0 Å². The molecule has 88 valence electrons. The summed E-state index contributed by atoms with van der Waals surface area (Å²) >= 11 is 0. The maximum Gasteiger partial charge on any atom is 0.0121 e. The van der Waals surface area contributed by atoms with Crippen LogP contribution in [0.2, 0.25) is 0 Å². The first kappa shape index (κ1) is 11.4. The average Bonchev–Trinajstić information content (AvgIpc) is 2.42. The third kappa shape index (κ3) is 2.75. The summed E-state index contributed by atoms with van der Waals surface area (Å²) in [6, 6.07) is 0.903. The standard InChI is InChI=1S/C14H27N/c1-11-5-4-6-14-13(9-11)8-7-12(2)10-15(14)3/h11-14H,4-10H2,1-3H3. The molecule has 1 aliphatic carbocycles. The summed E-state index contributed by atoms with van der Waals surface area (Å²) in [6.07, 6.45) is 8.82. The molecule has 0 bridgehead atoms. The van der Waals surface area contributed by atoms with Gasteiger partial charge in [0.2, 0.25) is 0 Å². The minimum absolute atomic E-state index is 0.903. The topological polar surface area (TPSA) is 3.24 Å². The van der Waals surface area contributed by atoms with Gasteiger partial charge in [0, 0.05) is 12.6 Å². The van der Waals surface area contributed by atoms with E-state index in [1.165, 1.54) is 45.1 Å². The van der Waals surface area contributed by atoms with Crippen LogP contribution in [-0.2, 0) is 0 Å². The first-order chi connectivity index (χ1) is 7.16. The van der Waals surface area contributed by atoms with E-state index in [9.17, 15) is 0 Å². The van der Waals surface area contributed by atoms with Gasteiger partial charge in [0.1, 0.15) is 0 Å². The Morgan fingerprint density at radius 3 is 2.53 bits per heavy atom. The van der Waals surface area contributed by atoms with E-state index < -0.39 is 0 Å². The predicted molar refractivity (Wildman–Crippen MR) is 65.9 cm³/mol. The first-order valence-corrected chi connectivity index (χ1v) is 6.87. The van der Waals surface area contributed by atoms with Crippen LogP contribution in [0.15, 0.2) is 0 Å². The molecule has 1 saturated heterocycles. The van der Waals surface area contributed by atoms with E-state index in [-0.39, 0.29) is 0 Å². The second kappa shape index (κ2) is 4.86. The lowest BCUT2D eigenvalue weighted by Crippen LogP contribution is -2.37. The third-order valence-electron chi connectivity index (χ3n) is 4.64. The lowest BCUT2D eigenvalue weighted by molar-refractivity contribution is 0.168. The molecular formula is C14H27N. The fourth-order valence-electron chi connectivity index (χ4n) is 3.81. The van der Waals surface area contributed by atoms with Gasteiger partial charge in [-0.15, -0.1) is 0 Å². The number of nitrogens with zero attached hydrogens (tertiary/aromatic N) is 1. The second-order valence-corrected chi connectivity index (χ2v) is 6.22. The van der Waals surface area contributed by atoms with Gasteiger partial charge < -0.3 is 4.90 Å². The highest BCUT2D eigenvalue weighted by Gasteiger charge is 2.32. The molecule has 2 fully saturated rings. The fourth-order valence-corrected chi connectivity index (χ4v) is 3.81. The van der Waals surface area contributed by atoms with Crippen LogP contribution in [0.5, 0.6) is 0 Å². The maximum absolute atomic E-state index is 2.67. The van der Waals surface area contributed by atoms with E-state index in [0.717, 1.165) is 23.8 Å². The van der Waals surface area contributed by atoms with Gasteiger partial charge in [-0.3, -0.25) is 0 Å². The number of rotatable bonds is 0. The van der Waals surface area contributed by atoms with Crippen molar-refractivity contribution >= 4 is 0 Å². The van der Waals surface area contributed by atoms with Crippen LogP contribution >= 0.6 is 0 Å². The minimum atomic E-state index is 0.903. The Bertz CT molecular complexity index is 202. The molecule has 2 rings (SSSR count). The summed E-state index contributed by atoms with van der Waals surface area (Å²) < 4.78 is 0. The fraction of sp³-hybridized carbons (Fsp3) is 1.00. The molecule has 0 aromatic carbocycles. The lowest BCUT2D eigenvalue weighted by Gasteiger charge is -2.31. The smallest absolute Gasteiger partial charge is 0.0121 e. The van der Waals surface area contributed by atoms with Crippen molar-refractivity contribution in [2.75, 3.05) is 13.6 Å². The number of hydrogen-bond acceptors (Lipinski definition) is 1. The Kier molecular flexibility index (Phi) is 3.71. The van der Waals surface area contributed by atoms with Crippen molar-refractivity contribution in [2.45, 2.75) is 58.4 Å². The van der Waals surface area contributed by atoms with Crippen LogP contribution in [0, 0.1) is 17.8 Å². The molecular weight excluding hydrogens is 182 g/mol. The van der Waals surface area contributed by atoms with Crippen LogP contribution in [0.3, 0.4) is 0 Å². The zero-order valence-electron chi connectivity index (χ0n) is 10.7. The number of hydrogen-bond donors (Lipinski definition) is 0. The van der Waals surface area contributed by atoms with Crippen molar-refractivity contribution in [3.63, 3.8) is 0 Å². The van der Waals surface area contributed by atoms with Crippen molar-refractivity contribution in [3.8, 4) is 0 Å². The van der Waals surface area contributed by atoms with Gasteiger partial charge in [-0.05, 0) is 50.5 Å². The van der Waals surface area contributed by atoms with E-state index in [0.29, 0.717) is 0 Å². The lowest BCUT2D eigenvalue weighted by atomic mass is 9.87. The quantitative estimate of drug-likeness (QED) is 0.590. The normalized spacial score (nSPS) is 44.2. The summed E-state index contributed by atoms with van der Waals surface area (Å²) in [5, 5.41) is 0. The van der Waals surface area contributed by atoms with Crippen molar-refractivity contribution < 1.29 is 0 Å². The summed E-state index contributed by atoms with van der Waals surface area (Å²) in [5.41, 5.74) is 0. The van der Waals surface area contributed by atoms with Gasteiger partial charge in [-0.1, -0.05) is 26.7 Å². The van der Waals surface area contributed by atoms with Crippen molar-refractivity contribution in [3.05, 3.63) is 0 Å². The summed E-state index contributed by atoms with van der Waals surface area (Å²) in [4.78, 5) is 2.67. The molecule has 15 heavy (non-hydrogen) atoms. The molecule has 0 N–H and O–H groups in total. The molecule has 2 aliphatic rings. The van der Waals surface area contributed by atoms with E-state index in [1.54, 1.807) is 0 Å². The highest BCUT2D eigenvalue weighted by Crippen LogP contribution is 2.36. The van der Waals surface area contributed by atoms with Gasteiger partial charge in [0.05, 0.1) is 0 Å². The number of likely N-dealkylation sites (tertiary alicyclic amines) is 1. The van der Waals surface area contributed by atoms with E-state index >= 15 is 0 Å². The molecule has 1 nitrogen and oxygen atoms in total. The van der Waals surface area contributed by atoms with Crippen LogP contribution in [0.25, 0.3) is 0 Å². The Morgan fingerprint density at radius 2 is 1.73 bits per heavy atom. The van der Waals surface area contributed by atoms with Crippen LogP contribution in [0.1, 0.15) is 52.4 Å². The van der Waals surface area contributed by atoms with Crippen molar-refractivity contribution in [1.29, 1.82) is 0 Å². The maximum atomic E-state index is 2.67. The highest BCUT2D eigenvalue weighted by molar-refractivity contribution is 4.86. The van der Waals surface area contributed by atoms with E-state index in [2.05, 4.69) is 25.8 Å². The van der Waals surface area contributed by atoms with Gasteiger partial charge in [0.15, 0.2) is 0 Å². The predicted octanol–water partition coefficient (Wildman–Crippen LogP) is 3.54. The second-order valence-electron chi connectivity index (χ2n) is 6.22. The minimum Gasteiger partial charge on any atom is -0.303 e. The van der Waals surface area contributed by atoms with Crippen LogP contribution in [-0.4, -0.2) is 24.5 Å². The monoisotopic (exact) mass is 209 g/mol. The molecule has 0 amide bonds. The van der Waals surface area contributed by atoms with Gasteiger partial charge in [-0.25, -0.2) is 0 Å². The van der Waals surface area contributed by atoms with Crippen LogP contribution < -0.4 is 0 Å². The Morgan fingerprint density at radius 1 is 0.933 bits per heavy atom. The molecule has 1 saturated carbocycles. The zero-order chi connectivity index (χ0) is 10.8. The average molecular weight is 209 g/mol. The van der Waals surface area contributed by atoms with Crippen molar-refractivity contribution in [1.82, 2.24) is 4.90 Å². The van der Waals surface area contributed by atoms with Crippen LogP contribution in [0.4, 0.5) is 0 Å². The molecule has 4 unspecified atom stereocenters. The van der Waals surface area contributed by atoms with E-state index in [1.807, 2.05) is 0 Å². The van der Waals surface area contributed by atoms with Crippen molar-refractivity contribution in [2.24, 2.45) is 17.8 Å². The SMILES string of the molecule is CC1CCCC2C(CCC(C)CN2C)C1. The summed E-state index contributed by atoms with van der Waals surface area (Å²) in [6.45, 7) is 6.21. The molecule has 1 heterocycles. The number of fused-ring (bicyclic) bond motifs is 1.